The average molecular weight is 429 g/mol. The van der Waals surface area contributed by atoms with E-state index in [0.29, 0.717) is 30.2 Å². The highest BCUT2D eigenvalue weighted by Crippen LogP contribution is 2.31. The van der Waals surface area contributed by atoms with E-state index in [0.717, 1.165) is 36.3 Å². The van der Waals surface area contributed by atoms with Crippen molar-refractivity contribution in [3.8, 4) is 17.3 Å². The van der Waals surface area contributed by atoms with Gasteiger partial charge in [-0.15, -0.1) is 0 Å². The summed E-state index contributed by atoms with van der Waals surface area (Å²) in [5.41, 5.74) is 2.61. The van der Waals surface area contributed by atoms with Gasteiger partial charge < -0.3 is 19.8 Å². The van der Waals surface area contributed by atoms with E-state index in [2.05, 4.69) is 25.8 Å². The second-order valence-corrected chi connectivity index (χ2v) is 9.31. The van der Waals surface area contributed by atoms with Gasteiger partial charge >= 0.3 is 0 Å². The summed E-state index contributed by atoms with van der Waals surface area (Å²) in [5, 5.41) is 18.5. The summed E-state index contributed by atoms with van der Waals surface area (Å²) in [6, 6.07) is 3.40. The van der Waals surface area contributed by atoms with E-state index in [-0.39, 0.29) is 24.4 Å². The minimum atomic E-state index is -0.946. The number of ketones is 1. The minimum Gasteiger partial charge on any atom is -0.491 e. The van der Waals surface area contributed by atoms with Gasteiger partial charge in [-0.1, -0.05) is 20.8 Å². The predicted molar refractivity (Wildman–Crippen MR) is 118 cm³/mol. The number of likely N-dealkylation sites (N-methyl/N-ethyl adjacent to an activating group) is 1. The van der Waals surface area contributed by atoms with E-state index in [9.17, 15) is 9.90 Å². The number of ether oxygens (including phenoxy) is 1. The summed E-state index contributed by atoms with van der Waals surface area (Å²) in [6.07, 6.45) is 3.96. The summed E-state index contributed by atoms with van der Waals surface area (Å²) in [6.45, 7) is 6.10. The third kappa shape index (κ3) is 6.21. The molecule has 168 valence electrons. The van der Waals surface area contributed by atoms with E-state index in [1.54, 1.807) is 18.3 Å². The summed E-state index contributed by atoms with van der Waals surface area (Å²) >= 11 is 0. The molecule has 0 radical (unpaired) electrons. The summed E-state index contributed by atoms with van der Waals surface area (Å²) in [7, 11) is 1.90. The quantitative estimate of drug-likeness (QED) is 0.626. The van der Waals surface area contributed by atoms with Gasteiger partial charge in [0.2, 0.25) is 0 Å². The second kappa shape index (κ2) is 9.70. The lowest BCUT2D eigenvalue weighted by molar-refractivity contribution is -0.119. The maximum absolute atomic E-state index is 12.5. The third-order valence-electron chi connectivity index (χ3n) is 5.03. The summed E-state index contributed by atoms with van der Waals surface area (Å²) < 4.78 is 5.53. The number of aliphatic hydroxyl groups excluding tert-OH is 2. The largest absolute Gasteiger partial charge is 0.491 e. The Hall–Kier alpha value is -2.58. The fraction of sp³-hybridized carbons (Fsp3) is 0.565. The highest BCUT2D eigenvalue weighted by Gasteiger charge is 2.24. The smallest absolute Gasteiger partial charge is 0.180 e. The number of aromatic nitrogens is 3. The molecule has 0 saturated carbocycles. The molecule has 2 heterocycles. The van der Waals surface area contributed by atoms with Gasteiger partial charge in [0.25, 0.3) is 0 Å². The van der Waals surface area contributed by atoms with Gasteiger partial charge in [0, 0.05) is 37.0 Å². The van der Waals surface area contributed by atoms with Crippen LogP contribution in [-0.2, 0) is 17.6 Å². The molecule has 0 bridgehead atoms. The van der Waals surface area contributed by atoms with E-state index in [1.807, 2.05) is 11.9 Å². The Bertz CT molecular complexity index is 926. The third-order valence-corrected chi connectivity index (χ3v) is 5.03. The molecule has 0 aliphatic heterocycles. The molecular weight excluding hydrogens is 396 g/mol. The molecule has 8 heteroatoms. The lowest BCUT2D eigenvalue weighted by Crippen LogP contribution is -2.30. The number of Topliss-reactive ketones (excluding diaryl/α,β-unsaturated/α-hetero) is 1. The number of fused-ring (bicyclic) bond motifs is 1. The first-order valence-corrected chi connectivity index (χ1v) is 10.7. The van der Waals surface area contributed by atoms with Crippen molar-refractivity contribution in [2.24, 2.45) is 5.41 Å². The highest BCUT2D eigenvalue weighted by atomic mass is 16.5. The van der Waals surface area contributed by atoms with Gasteiger partial charge in [-0.25, -0.2) is 9.97 Å². The maximum atomic E-state index is 12.5. The molecule has 1 atom stereocenters. The van der Waals surface area contributed by atoms with Gasteiger partial charge in [0.1, 0.15) is 30.0 Å². The van der Waals surface area contributed by atoms with Crippen LogP contribution in [0.2, 0.25) is 0 Å². The highest BCUT2D eigenvalue weighted by molar-refractivity contribution is 5.84. The topological polar surface area (TPSA) is 109 Å². The molecule has 2 aromatic rings. The molecule has 1 aliphatic rings. The molecule has 2 aromatic heterocycles. The van der Waals surface area contributed by atoms with Crippen molar-refractivity contribution in [2.75, 3.05) is 31.7 Å². The van der Waals surface area contributed by atoms with E-state index >= 15 is 0 Å². The Balaban J connectivity index is 1.86. The Morgan fingerprint density at radius 3 is 2.77 bits per heavy atom. The van der Waals surface area contributed by atoms with Crippen LogP contribution < -0.4 is 9.64 Å². The normalized spacial score (nSPS) is 14.3. The zero-order valence-corrected chi connectivity index (χ0v) is 18.8. The fourth-order valence-corrected chi connectivity index (χ4v) is 3.70. The zero-order valence-electron chi connectivity index (χ0n) is 18.8. The minimum absolute atomic E-state index is 0.0190. The van der Waals surface area contributed by atoms with Crippen molar-refractivity contribution < 1.29 is 19.7 Å². The molecule has 0 spiro atoms. The van der Waals surface area contributed by atoms with Crippen LogP contribution in [0.5, 0.6) is 5.75 Å². The van der Waals surface area contributed by atoms with E-state index < -0.39 is 6.10 Å². The first kappa shape index (κ1) is 23.1. The van der Waals surface area contributed by atoms with Crippen LogP contribution in [-0.4, -0.2) is 63.9 Å². The lowest BCUT2D eigenvalue weighted by atomic mass is 9.90. The number of rotatable bonds is 9. The van der Waals surface area contributed by atoms with Crippen molar-refractivity contribution in [3.63, 3.8) is 0 Å². The zero-order chi connectivity index (χ0) is 22.6. The number of hydrogen-bond donors (Lipinski definition) is 2. The van der Waals surface area contributed by atoms with Crippen LogP contribution >= 0.6 is 0 Å². The first-order chi connectivity index (χ1) is 14.7. The standard InChI is InChI=1S/C23H32N4O4/c1-23(2,3)11-15(29)12-27(4)22-18-6-5-7-19(18)25-21(26-22)20-10-17(8-9-24-20)31-14-16(30)13-28/h8-10,16,28,30H,5-7,11-14H2,1-4H3/t16-/m0/s1. The lowest BCUT2D eigenvalue weighted by Gasteiger charge is -2.23. The van der Waals surface area contributed by atoms with Crippen molar-refractivity contribution in [3.05, 3.63) is 29.6 Å². The molecule has 0 aromatic carbocycles. The van der Waals surface area contributed by atoms with Crippen molar-refractivity contribution in [2.45, 2.75) is 52.6 Å². The van der Waals surface area contributed by atoms with E-state index in [4.69, 9.17) is 19.8 Å². The average Bonchev–Trinajstić information content (AvgIpc) is 3.18. The number of hydrogen-bond acceptors (Lipinski definition) is 8. The van der Waals surface area contributed by atoms with Gasteiger partial charge in [0.05, 0.1) is 13.2 Å². The molecule has 0 saturated heterocycles. The number of nitrogens with zero attached hydrogens (tertiary/aromatic N) is 4. The van der Waals surface area contributed by atoms with Crippen LogP contribution in [0, 0.1) is 5.41 Å². The molecular formula is C23H32N4O4. The van der Waals surface area contributed by atoms with Gasteiger partial charge in [-0.2, -0.15) is 0 Å². The van der Waals surface area contributed by atoms with Crippen LogP contribution in [0.4, 0.5) is 5.82 Å². The molecule has 8 nitrogen and oxygen atoms in total. The van der Waals surface area contributed by atoms with Gasteiger partial charge in [0.15, 0.2) is 11.6 Å². The SMILES string of the molecule is CN(CC(=O)CC(C)(C)C)c1nc(-c2cc(OC[C@@H](O)CO)ccn2)nc2c1CCC2. The maximum Gasteiger partial charge on any atom is 0.180 e. The summed E-state index contributed by atoms with van der Waals surface area (Å²) in [4.78, 5) is 28.3. The fourth-order valence-electron chi connectivity index (χ4n) is 3.70. The van der Waals surface area contributed by atoms with Crippen LogP contribution in [0.15, 0.2) is 18.3 Å². The van der Waals surface area contributed by atoms with Gasteiger partial charge in [-0.3, -0.25) is 9.78 Å². The molecule has 31 heavy (non-hydrogen) atoms. The first-order valence-electron chi connectivity index (χ1n) is 10.7. The van der Waals surface area contributed by atoms with Crippen molar-refractivity contribution in [1.29, 1.82) is 0 Å². The summed E-state index contributed by atoms with van der Waals surface area (Å²) in [5.74, 6) is 1.96. The molecule has 1 aliphatic carbocycles. The Morgan fingerprint density at radius 2 is 2.06 bits per heavy atom. The monoisotopic (exact) mass is 428 g/mol. The number of carbonyl (C=O) groups is 1. The number of aliphatic hydroxyl groups is 2. The molecule has 2 N–H and O–H groups in total. The van der Waals surface area contributed by atoms with Crippen LogP contribution in [0.3, 0.4) is 0 Å². The molecule has 0 amide bonds. The number of anilines is 1. The number of carbonyl (C=O) groups excluding carboxylic acids is 1. The number of pyridine rings is 1. The van der Waals surface area contributed by atoms with Crippen molar-refractivity contribution >= 4 is 11.6 Å². The van der Waals surface area contributed by atoms with Gasteiger partial charge in [-0.05, 0) is 30.7 Å². The predicted octanol–water partition coefficient (Wildman–Crippen LogP) is 2.20. The van der Waals surface area contributed by atoms with Crippen molar-refractivity contribution in [1.82, 2.24) is 15.0 Å². The van der Waals surface area contributed by atoms with Crippen LogP contribution in [0.1, 0.15) is 44.9 Å². The Labute approximate surface area is 183 Å². The second-order valence-electron chi connectivity index (χ2n) is 9.31. The molecule has 0 fully saturated rings. The Morgan fingerprint density at radius 1 is 1.29 bits per heavy atom. The molecule has 3 rings (SSSR count). The molecule has 0 unspecified atom stereocenters. The van der Waals surface area contributed by atoms with E-state index in [1.165, 1.54) is 0 Å². The Kier molecular flexibility index (Phi) is 7.23. The van der Waals surface area contributed by atoms with Crippen LogP contribution in [0.25, 0.3) is 11.5 Å². The number of aryl methyl sites for hydroxylation is 1.